The summed E-state index contributed by atoms with van der Waals surface area (Å²) in [5.74, 6) is 0.371. The summed E-state index contributed by atoms with van der Waals surface area (Å²) in [6, 6.07) is 8.02. The number of hydrogen-bond donors (Lipinski definition) is 0. The number of carbonyl (C=O) groups is 1. The minimum absolute atomic E-state index is 0.0952. The number of halogens is 1. The number of benzene rings is 1. The smallest absolute Gasteiger partial charge is 0.225 e. The number of amides is 1. The molecule has 4 heteroatoms. The summed E-state index contributed by atoms with van der Waals surface area (Å²) in [6.07, 6.45) is 1.05. The van der Waals surface area contributed by atoms with E-state index in [0.717, 1.165) is 44.2 Å². The summed E-state index contributed by atoms with van der Waals surface area (Å²) in [5.41, 5.74) is 1.28. The van der Waals surface area contributed by atoms with E-state index in [-0.39, 0.29) is 11.8 Å². The highest BCUT2D eigenvalue weighted by molar-refractivity contribution is 6.30. The van der Waals surface area contributed by atoms with Gasteiger partial charge in [-0.2, -0.15) is 0 Å². The zero-order valence-corrected chi connectivity index (χ0v) is 13.1. The highest BCUT2D eigenvalue weighted by Gasteiger charge is 2.20. The van der Waals surface area contributed by atoms with Crippen LogP contribution in [0.4, 0.5) is 0 Å². The van der Waals surface area contributed by atoms with Gasteiger partial charge in [-0.1, -0.05) is 37.6 Å². The second-order valence-corrected chi connectivity index (χ2v) is 6.17. The first-order chi connectivity index (χ1) is 9.56. The Hall–Kier alpha value is -1.06. The summed E-state index contributed by atoms with van der Waals surface area (Å²) in [7, 11) is 0. The molecule has 1 amide bonds. The Morgan fingerprint density at radius 1 is 1.15 bits per heavy atom. The Balaban J connectivity index is 1.89. The molecule has 0 aromatic heterocycles. The van der Waals surface area contributed by atoms with Crippen LogP contribution in [0.5, 0.6) is 0 Å². The minimum atomic E-state index is 0.0952. The van der Waals surface area contributed by atoms with E-state index in [2.05, 4.69) is 17.0 Å². The monoisotopic (exact) mass is 294 g/mol. The van der Waals surface area contributed by atoms with Crippen molar-refractivity contribution in [1.82, 2.24) is 9.80 Å². The number of hydrogen-bond acceptors (Lipinski definition) is 2. The van der Waals surface area contributed by atoms with E-state index in [4.69, 9.17) is 11.6 Å². The Labute approximate surface area is 126 Å². The summed E-state index contributed by atoms with van der Waals surface area (Å²) < 4.78 is 0. The summed E-state index contributed by atoms with van der Waals surface area (Å²) >= 11 is 5.91. The van der Waals surface area contributed by atoms with Crippen molar-refractivity contribution in [2.75, 3.05) is 26.2 Å². The molecule has 1 aromatic carbocycles. The van der Waals surface area contributed by atoms with Crippen LogP contribution in [0.2, 0.25) is 5.02 Å². The van der Waals surface area contributed by atoms with Gasteiger partial charge in [0.15, 0.2) is 0 Å². The van der Waals surface area contributed by atoms with Crippen LogP contribution in [0.25, 0.3) is 0 Å². The van der Waals surface area contributed by atoms with Crippen LogP contribution in [0.1, 0.15) is 25.8 Å². The van der Waals surface area contributed by atoms with Gasteiger partial charge in [-0.25, -0.2) is 0 Å². The molecular formula is C16H23ClN2O. The second-order valence-electron chi connectivity index (χ2n) is 5.74. The van der Waals surface area contributed by atoms with Crippen molar-refractivity contribution in [3.63, 3.8) is 0 Å². The molecule has 0 atom stereocenters. The lowest BCUT2D eigenvalue weighted by Gasteiger charge is -2.23. The number of rotatable bonds is 3. The first-order valence-electron chi connectivity index (χ1n) is 7.32. The van der Waals surface area contributed by atoms with Crippen molar-refractivity contribution >= 4 is 17.5 Å². The van der Waals surface area contributed by atoms with Gasteiger partial charge in [-0.15, -0.1) is 0 Å². The molecule has 1 aromatic rings. The summed E-state index contributed by atoms with van der Waals surface area (Å²) in [4.78, 5) is 16.5. The topological polar surface area (TPSA) is 23.6 Å². The van der Waals surface area contributed by atoms with Crippen molar-refractivity contribution in [1.29, 1.82) is 0 Å². The quantitative estimate of drug-likeness (QED) is 0.855. The third kappa shape index (κ3) is 4.22. The molecular weight excluding hydrogens is 272 g/mol. The highest BCUT2D eigenvalue weighted by Crippen LogP contribution is 2.14. The fourth-order valence-corrected chi connectivity index (χ4v) is 2.69. The average molecular weight is 295 g/mol. The normalized spacial score (nSPS) is 17.3. The molecule has 0 N–H and O–H groups in total. The van der Waals surface area contributed by atoms with E-state index < -0.39 is 0 Å². The molecule has 0 aliphatic carbocycles. The lowest BCUT2D eigenvalue weighted by molar-refractivity contribution is -0.134. The molecule has 2 rings (SSSR count). The molecule has 1 aliphatic heterocycles. The molecule has 1 aliphatic rings. The lowest BCUT2D eigenvalue weighted by atomic mass is 10.2. The molecule has 20 heavy (non-hydrogen) atoms. The maximum atomic E-state index is 12.0. The van der Waals surface area contributed by atoms with E-state index >= 15 is 0 Å². The van der Waals surface area contributed by atoms with Gasteiger partial charge in [0.2, 0.25) is 5.91 Å². The van der Waals surface area contributed by atoms with Crippen LogP contribution in [-0.4, -0.2) is 41.9 Å². The van der Waals surface area contributed by atoms with Gasteiger partial charge in [-0.05, 0) is 24.1 Å². The molecule has 3 nitrogen and oxygen atoms in total. The molecule has 1 fully saturated rings. The Morgan fingerprint density at radius 2 is 1.85 bits per heavy atom. The van der Waals surface area contributed by atoms with Gasteiger partial charge in [-0.3, -0.25) is 9.69 Å². The fraction of sp³-hybridized carbons (Fsp3) is 0.562. The number of nitrogens with zero attached hydrogens (tertiary/aromatic N) is 2. The van der Waals surface area contributed by atoms with Crippen molar-refractivity contribution < 1.29 is 4.79 Å². The predicted molar refractivity (Wildman–Crippen MR) is 82.8 cm³/mol. The van der Waals surface area contributed by atoms with Gasteiger partial charge in [0.1, 0.15) is 0 Å². The highest BCUT2D eigenvalue weighted by atomic mass is 35.5. The average Bonchev–Trinajstić information content (AvgIpc) is 2.66. The van der Waals surface area contributed by atoms with Crippen LogP contribution in [0.3, 0.4) is 0 Å². The molecule has 1 saturated heterocycles. The Morgan fingerprint density at radius 3 is 2.50 bits per heavy atom. The van der Waals surface area contributed by atoms with E-state index in [1.165, 1.54) is 5.56 Å². The molecule has 0 unspecified atom stereocenters. The van der Waals surface area contributed by atoms with Crippen LogP contribution in [0, 0.1) is 5.92 Å². The second kappa shape index (κ2) is 7.09. The molecule has 0 bridgehead atoms. The van der Waals surface area contributed by atoms with Gasteiger partial charge in [0.25, 0.3) is 0 Å². The van der Waals surface area contributed by atoms with Gasteiger partial charge >= 0.3 is 0 Å². The van der Waals surface area contributed by atoms with E-state index in [1.54, 1.807) is 0 Å². The Kier molecular flexibility index (Phi) is 5.44. The predicted octanol–water partition coefficient (Wildman–Crippen LogP) is 3.03. The van der Waals surface area contributed by atoms with E-state index in [9.17, 15) is 4.79 Å². The summed E-state index contributed by atoms with van der Waals surface area (Å²) in [6.45, 7) is 8.59. The standard InChI is InChI=1S/C16H23ClN2O/c1-13(2)16(20)19-9-3-8-18(10-11-19)12-14-4-6-15(17)7-5-14/h4-7,13H,3,8-12H2,1-2H3. The first-order valence-corrected chi connectivity index (χ1v) is 7.69. The van der Waals surface area contributed by atoms with Crippen molar-refractivity contribution in [2.45, 2.75) is 26.8 Å². The summed E-state index contributed by atoms with van der Waals surface area (Å²) in [5, 5.41) is 0.776. The molecule has 0 saturated carbocycles. The van der Waals surface area contributed by atoms with Crippen LogP contribution >= 0.6 is 11.6 Å². The molecule has 0 radical (unpaired) electrons. The van der Waals surface area contributed by atoms with Crippen LogP contribution in [0.15, 0.2) is 24.3 Å². The Bertz CT molecular complexity index is 444. The fourth-order valence-electron chi connectivity index (χ4n) is 2.56. The largest absolute Gasteiger partial charge is 0.341 e. The third-order valence-corrected chi connectivity index (χ3v) is 3.97. The van der Waals surface area contributed by atoms with Crippen LogP contribution < -0.4 is 0 Å². The molecule has 1 heterocycles. The van der Waals surface area contributed by atoms with E-state index in [0.29, 0.717) is 0 Å². The minimum Gasteiger partial charge on any atom is -0.341 e. The van der Waals surface area contributed by atoms with E-state index in [1.807, 2.05) is 30.9 Å². The number of carbonyl (C=O) groups excluding carboxylic acids is 1. The van der Waals surface area contributed by atoms with Gasteiger partial charge in [0.05, 0.1) is 0 Å². The molecule has 110 valence electrons. The van der Waals surface area contributed by atoms with Crippen molar-refractivity contribution in [3.8, 4) is 0 Å². The van der Waals surface area contributed by atoms with Crippen molar-refractivity contribution in [3.05, 3.63) is 34.9 Å². The lowest BCUT2D eigenvalue weighted by Crippen LogP contribution is -2.37. The zero-order valence-electron chi connectivity index (χ0n) is 12.3. The van der Waals surface area contributed by atoms with Gasteiger partial charge < -0.3 is 4.90 Å². The van der Waals surface area contributed by atoms with Gasteiger partial charge in [0, 0.05) is 43.7 Å². The van der Waals surface area contributed by atoms with Crippen LogP contribution in [-0.2, 0) is 11.3 Å². The maximum absolute atomic E-state index is 12.0. The first kappa shape index (κ1) is 15.3. The third-order valence-electron chi connectivity index (χ3n) is 3.71. The van der Waals surface area contributed by atoms with Crippen molar-refractivity contribution in [2.24, 2.45) is 5.92 Å². The SMILES string of the molecule is CC(C)C(=O)N1CCCN(Cc2ccc(Cl)cc2)CC1. The maximum Gasteiger partial charge on any atom is 0.225 e. The zero-order chi connectivity index (χ0) is 14.5. The molecule has 0 spiro atoms.